The van der Waals surface area contributed by atoms with E-state index in [4.69, 9.17) is 4.74 Å². The van der Waals surface area contributed by atoms with Crippen molar-refractivity contribution in [2.24, 2.45) is 0 Å². The second-order valence-corrected chi connectivity index (χ2v) is 20.0. The molecule has 0 spiro atoms. The number of ether oxygens (including phenoxy) is 1. The van der Waals surface area contributed by atoms with Crippen LogP contribution in [0.3, 0.4) is 0 Å². The first-order chi connectivity index (χ1) is 26.2. The van der Waals surface area contributed by atoms with Crippen molar-refractivity contribution < 1.29 is 9.30 Å². The Kier molecular flexibility index (Phi) is 8.89. The lowest BCUT2D eigenvalue weighted by Gasteiger charge is -2.27. The average Bonchev–Trinajstić information content (AvgIpc) is 3.24. The highest BCUT2D eigenvalue weighted by atomic mass is 31.2. The van der Waals surface area contributed by atoms with Crippen LogP contribution in [0.5, 0.6) is 5.75 Å². The van der Waals surface area contributed by atoms with Crippen molar-refractivity contribution in [3.8, 4) is 5.75 Å². The van der Waals surface area contributed by atoms with Crippen LogP contribution in [0.4, 0.5) is 0 Å². The van der Waals surface area contributed by atoms with Crippen molar-refractivity contribution >= 4 is 78.5 Å². The third-order valence-electron chi connectivity index (χ3n) is 10.7. The van der Waals surface area contributed by atoms with Gasteiger partial charge in [-0.15, -0.1) is 0 Å². The summed E-state index contributed by atoms with van der Waals surface area (Å²) in [7, 11) is -5.19. The summed E-state index contributed by atoms with van der Waals surface area (Å²) < 4.78 is 22.3. The standard InChI is InChI=1S/C49H39O2P2/c50-53(44-23-11-4-12-24-44,47-34-28-39-26-25-37-15-13-16-38-27-33-46(47)49(39)48(37)38)45-31-29-40(30-32-45)51-35-14-36-52(41-17-5-1-6-18-41,42-19-7-2-8-20-42)43-21-9-3-10-22-43/h1-13,15-34H,14,35-36H2/q+1. The van der Waals surface area contributed by atoms with Crippen molar-refractivity contribution in [3.63, 3.8) is 0 Å². The Morgan fingerprint density at radius 2 is 0.906 bits per heavy atom. The summed E-state index contributed by atoms with van der Waals surface area (Å²) in [6, 6.07) is 70.3. The molecule has 0 aliphatic heterocycles. The molecule has 53 heavy (non-hydrogen) atoms. The molecule has 1 unspecified atom stereocenters. The van der Waals surface area contributed by atoms with Crippen LogP contribution in [0.15, 0.2) is 200 Å². The predicted octanol–water partition coefficient (Wildman–Crippen LogP) is 9.99. The van der Waals surface area contributed by atoms with Crippen LogP contribution < -0.4 is 36.6 Å². The zero-order chi connectivity index (χ0) is 35.7. The second-order valence-electron chi connectivity index (χ2n) is 13.6. The third kappa shape index (κ3) is 5.84. The summed E-state index contributed by atoms with van der Waals surface area (Å²) in [6.07, 6.45) is 1.88. The Labute approximate surface area is 311 Å². The third-order valence-corrected chi connectivity index (χ3v) is 18.3. The average molecular weight is 722 g/mol. The fourth-order valence-corrected chi connectivity index (χ4v) is 15.3. The van der Waals surface area contributed by atoms with Gasteiger partial charge in [0.2, 0.25) is 0 Å². The van der Waals surface area contributed by atoms with Gasteiger partial charge in [-0.2, -0.15) is 0 Å². The van der Waals surface area contributed by atoms with E-state index in [1.807, 2.05) is 54.6 Å². The second kappa shape index (κ2) is 14.1. The molecule has 0 heterocycles. The number of hydrogen-bond acceptors (Lipinski definition) is 2. The van der Waals surface area contributed by atoms with E-state index in [0.29, 0.717) is 6.61 Å². The summed E-state index contributed by atoms with van der Waals surface area (Å²) in [5.41, 5.74) is 0. The van der Waals surface area contributed by atoms with E-state index in [2.05, 4.69) is 146 Å². The Morgan fingerprint density at radius 1 is 0.434 bits per heavy atom. The van der Waals surface area contributed by atoms with Crippen LogP contribution >= 0.6 is 14.4 Å². The zero-order valence-corrected chi connectivity index (χ0v) is 31.2. The molecule has 9 rings (SSSR count). The fraction of sp³-hybridized carbons (Fsp3) is 0.0612. The first kappa shape index (κ1) is 33.3. The largest absolute Gasteiger partial charge is 0.493 e. The lowest BCUT2D eigenvalue weighted by atomic mass is 9.94. The SMILES string of the molecule is O=P(c1ccccc1)(c1ccc(OCCC[P+](c2ccccc2)(c2ccccc2)c2ccccc2)cc1)c1ccc2ccc3cccc4ccc1c2c34. The lowest BCUT2D eigenvalue weighted by molar-refractivity contribution is 0.318. The van der Waals surface area contributed by atoms with Gasteiger partial charge in [0.25, 0.3) is 0 Å². The summed E-state index contributed by atoms with van der Waals surface area (Å²) in [4.78, 5) is 0. The van der Waals surface area contributed by atoms with Crippen LogP contribution in [0.1, 0.15) is 6.42 Å². The molecule has 0 fully saturated rings. The Morgan fingerprint density at radius 3 is 1.47 bits per heavy atom. The predicted molar refractivity (Wildman–Crippen MR) is 230 cm³/mol. The maximum atomic E-state index is 15.8. The maximum absolute atomic E-state index is 15.8. The van der Waals surface area contributed by atoms with Crippen molar-refractivity contribution in [2.75, 3.05) is 12.8 Å². The van der Waals surface area contributed by atoms with Crippen molar-refractivity contribution in [2.45, 2.75) is 6.42 Å². The summed E-state index contributed by atoms with van der Waals surface area (Å²) >= 11 is 0. The van der Waals surface area contributed by atoms with E-state index in [0.717, 1.165) is 45.0 Å². The smallest absolute Gasteiger partial charge is 0.171 e. The molecule has 4 heteroatoms. The first-order valence-electron chi connectivity index (χ1n) is 18.3. The van der Waals surface area contributed by atoms with E-state index >= 15 is 4.57 Å². The maximum Gasteiger partial charge on any atom is 0.171 e. The Balaban J connectivity index is 1.04. The van der Waals surface area contributed by atoms with Crippen LogP contribution in [0.2, 0.25) is 0 Å². The molecule has 2 nitrogen and oxygen atoms in total. The zero-order valence-electron chi connectivity index (χ0n) is 29.4. The quantitative estimate of drug-likeness (QED) is 0.0756. The summed E-state index contributed by atoms with van der Waals surface area (Å²) in [6.45, 7) is 0.582. The summed E-state index contributed by atoms with van der Waals surface area (Å²) in [5, 5.41) is 13.6. The Hall–Kier alpha value is -5.52. The topological polar surface area (TPSA) is 26.3 Å². The van der Waals surface area contributed by atoms with Gasteiger partial charge in [0.15, 0.2) is 7.14 Å². The molecule has 0 bridgehead atoms. The fourth-order valence-electron chi connectivity index (χ4n) is 8.19. The molecule has 0 N–H and O–H groups in total. The molecule has 0 aliphatic rings. The highest BCUT2D eigenvalue weighted by Gasteiger charge is 2.44. The summed E-state index contributed by atoms with van der Waals surface area (Å²) in [5.74, 6) is 0.784. The Bertz CT molecular complexity index is 2570. The first-order valence-corrected chi connectivity index (χ1v) is 22.0. The van der Waals surface area contributed by atoms with Gasteiger partial charge in [-0.05, 0) is 99.0 Å². The highest BCUT2D eigenvalue weighted by molar-refractivity contribution is 7.95. The van der Waals surface area contributed by atoms with Crippen molar-refractivity contribution in [1.82, 2.24) is 0 Å². The van der Waals surface area contributed by atoms with Gasteiger partial charge in [-0.1, -0.05) is 133 Å². The van der Waals surface area contributed by atoms with Crippen molar-refractivity contribution in [1.29, 1.82) is 0 Å². The molecule has 9 aromatic rings. The molecule has 0 aliphatic carbocycles. The van der Waals surface area contributed by atoms with Crippen LogP contribution in [-0.2, 0) is 4.57 Å². The molecule has 9 aromatic carbocycles. The van der Waals surface area contributed by atoms with Gasteiger partial charge in [0, 0.05) is 22.3 Å². The van der Waals surface area contributed by atoms with Gasteiger partial charge in [0.05, 0.1) is 12.8 Å². The molecule has 1 atom stereocenters. The van der Waals surface area contributed by atoms with Crippen molar-refractivity contribution in [3.05, 3.63) is 200 Å². The van der Waals surface area contributed by atoms with Gasteiger partial charge in [-0.25, -0.2) is 0 Å². The minimum atomic E-state index is -3.26. The highest BCUT2D eigenvalue weighted by Crippen LogP contribution is 2.55. The van der Waals surface area contributed by atoms with E-state index in [-0.39, 0.29) is 0 Å². The van der Waals surface area contributed by atoms with E-state index in [1.165, 1.54) is 37.5 Å². The van der Waals surface area contributed by atoms with Crippen LogP contribution in [0.25, 0.3) is 32.3 Å². The minimum absolute atomic E-state index is 0.582. The monoisotopic (exact) mass is 721 g/mol. The molecule has 256 valence electrons. The van der Waals surface area contributed by atoms with Gasteiger partial charge in [-0.3, -0.25) is 0 Å². The lowest BCUT2D eigenvalue weighted by Crippen LogP contribution is -2.33. The molecule has 0 radical (unpaired) electrons. The molecular weight excluding hydrogens is 682 g/mol. The number of benzene rings is 9. The molecule has 0 saturated heterocycles. The van der Waals surface area contributed by atoms with Crippen LogP contribution in [-0.4, -0.2) is 12.8 Å². The molecule has 0 aromatic heterocycles. The van der Waals surface area contributed by atoms with E-state index in [9.17, 15) is 0 Å². The molecular formula is C49H39O2P2+. The van der Waals surface area contributed by atoms with E-state index < -0.39 is 14.4 Å². The van der Waals surface area contributed by atoms with Gasteiger partial charge < -0.3 is 9.30 Å². The van der Waals surface area contributed by atoms with Gasteiger partial charge in [0.1, 0.15) is 28.9 Å². The van der Waals surface area contributed by atoms with Crippen LogP contribution in [0, 0.1) is 0 Å². The van der Waals surface area contributed by atoms with Gasteiger partial charge >= 0.3 is 0 Å². The number of hydrogen-bond donors (Lipinski definition) is 0. The van der Waals surface area contributed by atoms with E-state index in [1.54, 1.807) is 0 Å². The normalized spacial score (nSPS) is 13.0. The minimum Gasteiger partial charge on any atom is -0.493 e. The molecule has 0 amide bonds. The molecule has 0 saturated carbocycles. The number of rotatable bonds is 11.